The van der Waals surface area contributed by atoms with Crippen LogP contribution in [0.25, 0.3) is 36.3 Å². The summed E-state index contributed by atoms with van der Waals surface area (Å²) in [5, 5.41) is 4.18. The third-order valence-electron chi connectivity index (χ3n) is 24.9. The molecule has 4 aliphatic rings. The summed E-state index contributed by atoms with van der Waals surface area (Å²) in [5.74, 6) is 1.23. The monoisotopic (exact) mass is 1680 g/mol. The minimum absolute atomic E-state index is 0.0584. The molecule has 0 spiro atoms. The van der Waals surface area contributed by atoms with E-state index in [1.807, 2.05) is 3.59 Å². The van der Waals surface area contributed by atoms with Gasteiger partial charge in [-0.25, -0.2) is 0 Å². The number of thiophene rings is 3. The number of rotatable bonds is 50. The number of fused-ring (bicyclic) bond motifs is 8. The van der Waals surface area contributed by atoms with Gasteiger partial charge < -0.3 is 0 Å². The molecule has 1 fully saturated rings. The molecule has 1 saturated carbocycles. The van der Waals surface area contributed by atoms with Crippen LogP contribution in [-0.4, -0.2) is 42.5 Å². The van der Waals surface area contributed by atoms with Crippen LogP contribution in [0.5, 0.6) is 0 Å². The van der Waals surface area contributed by atoms with Crippen LogP contribution in [-0.2, 0) is 36.5 Å². The molecule has 564 valence electrons. The maximum atomic E-state index is 2.94. The van der Waals surface area contributed by atoms with Crippen molar-refractivity contribution in [3.05, 3.63) is 177 Å². The van der Waals surface area contributed by atoms with Crippen molar-refractivity contribution in [2.24, 2.45) is 5.92 Å². The normalized spacial score (nSPS) is 15.8. The molecule has 1 unspecified atom stereocenters. The Kier molecular flexibility index (Phi) is 32.5. The first-order valence-electron chi connectivity index (χ1n) is 43.7. The summed E-state index contributed by atoms with van der Waals surface area (Å²) in [6.07, 6.45) is 65.4. The SMILES string of the molecule is CCCCCCCCCCCCc1ccc(C2(c3ccc(CCCCCCCCCCCC)cc3)C3=Cc4c5c(sc4=C3C(c3ccc(CCCCCCCCCCCC)cc3)(c3ccc(CCCCCCCCCCCC)cc3)C3C=c4c(sc6[c]([Sn]([CH3])([CH3])[CH3])csc46)=C32)=[C]([Sn]([CH3])([CH3])[CH3])CS5)cc1. The first-order chi connectivity index (χ1) is 50.8. The Balaban J connectivity index is 1.07. The van der Waals surface area contributed by atoms with Crippen molar-refractivity contribution in [3.63, 3.8) is 0 Å². The molecule has 1 atom stereocenters. The van der Waals surface area contributed by atoms with E-state index in [2.05, 4.69) is 218 Å². The van der Waals surface area contributed by atoms with Crippen molar-refractivity contribution in [1.29, 1.82) is 0 Å². The van der Waals surface area contributed by atoms with Gasteiger partial charge in [-0.15, -0.1) is 0 Å². The zero-order valence-corrected chi connectivity index (χ0v) is 76.5. The van der Waals surface area contributed by atoms with E-state index in [1.165, 1.54) is 307 Å². The first-order valence-corrected chi connectivity index (χ1v) is 67.2. The summed E-state index contributed by atoms with van der Waals surface area (Å²) in [4.78, 5) is 17.7. The molecule has 0 bridgehead atoms. The predicted octanol–water partition coefficient (Wildman–Crippen LogP) is 28.4. The van der Waals surface area contributed by atoms with E-state index < -0.39 is 47.6 Å². The van der Waals surface area contributed by atoms with E-state index in [0.29, 0.717) is 0 Å². The number of hydrogen-bond acceptors (Lipinski definition) is 4. The molecule has 0 nitrogen and oxygen atoms in total. The van der Waals surface area contributed by atoms with E-state index in [1.54, 1.807) is 59.0 Å². The molecule has 0 saturated heterocycles. The van der Waals surface area contributed by atoms with Gasteiger partial charge >= 0.3 is 408 Å². The second kappa shape index (κ2) is 41.1. The van der Waals surface area contributed by atoms with E-state index in [0.717, 1.165) is 25.7 Å². The maximum absolute atomic E-state index is 2.94. The molecule has 11 rings (SSSR count). The van der Waals surface area contributed by atoms with Crippen molar-refractivity contribution in [2.75, 3.05) is 5.75 Å². The molecule has 1 aliphatic heterocycles. The predicted molar refractivity (Wildman–Crippen MR) is 475 cm³/mol. The van der Waals surface area contributed by atoms with Crippen LogP contribution in [0.3, 0.4) is 0 Å². The number of unbranched alkanes of at least 4 members (excludes halogenated alkanes) is 36. The first kappa shape index (κ1) is 82.4. The number of benzene rings is 4. The van der Waals surface area contributed by atoms with Crippen molar-refractivity contribution in [1.82, 2.24) is 0 Å². The topological polar surface area (TPSA) is 0 Å². The number of hydrogen-bond donors (Lipinski definition) is 0. The fraction of sp³-hybridized carbons (Fsp3) is 0.592. The summed E-state index contributed by atoms with van der Waals surface area (Å²) in [7, 11) is 0. The average Bonchev–Trinajstić information content (AvgIpc) is 1.48. The van der Waals surface area contributed by atoms with Crippen LogP contribution in [0, 0.1) is 5.92 Å². The molecule has 6 heteroatoms. The fourth-order valence-corrected chi connectivity index (χ4v) is 42.6. The van der Waals surface area contributed by atoms with Crippen LogP contribution in [0.1, 0.15) is 335 Å². The molecule has 4 heterocycles. The Labute approximate surface area is 660 Å². The van der Waals surface area contributed by atoms with Crippen LogP contribution < -0.4 is 22.4 Å². The summed E-state index contributed by atoms with van der Waals surface area (Å²) in [6, 6.07) is 42.4. The van der Waals surface area contributed by atoms with Gasteiger partial charge in [0.1, 0.15) is 0 Å². The molecule has 3 aromatic heterocycles. The van der Waals surface area contributed by atoms with Gasteiger partial charge in [-0.2, -0.15) is 0 Å². The van der Waals surface area contributed by atoms with Crippen LogP contribution in [0.2, 0.25) is 29.6 Å². The molecule has 0 N–H and O–H groups in total. The molecule has 104 heavy (non-hydrogen) atoms. The van der Waals surface area contributed by atoms with Crippen LogP contribution >= 0.6 is 45.8 Å². The summed E-state index contributed by atoms with van der Waals surface area (Å²) < 4.78 is 11.5. The van der Waals surface area contributed by atoms with Gasteiger partial charge in [-0.05, 0) is 0 Å². The van der Waals surface area contributed by atoms with E-state index in [4.69, 9.17) is 0 Å². The quantitative estimate of drug-likeness (QED) is 0.0271. The fourth-order valence-electron chi connectivity index (χ4n) is 18.7. The second-order valence-corrected chi connectivity index (χ2v) is 67.8. The summed E-state index contributed by atoms with van der Waals surface area (Å²) >= 11 is 3.58. The minimum atomic E-state index is -2.61. The van der Waals surface area contributed by atoms with Crippen molar-refractivity contribution in [2.45, 2.75) is 356 Å². The van der Waals surface area contributed by atoms with Crippen molar-refractivity contribution < 1.29 is 0 Å². The standard InChI is InChI=1S/C92H122S4.6CH3.2Sn/c1-5-9-13-17-21-25-29-33-37-41-45-71-49-57-75(58-50-71)91(76-59-51-72(52-60-76)46-42-38-34-30-26-22-18-14-10-6-2)81-69-79-87-84(66-68-93-87)96-90(79)86(81)92(82-70-80-88-83(65-67-94-88)95-89(80)85(82)91,77-61-53-73(54-62-77)47-43-39-35-31-27-23-19-15-11-7-3)78-63-55-74(56-64-78)48-44-40-36-32-28-24-20-16-12-8-4;;;;;;;;/h49-64,67,69-70,82H,5-48,68H2,1-4H3;6*1H3;;. The van der Waals surface area contributed by atoms with Gasteiger partial charge in [0.2, 0.25) is 0 Å². The number of thioether (sulfide) groups is 1. The Morgan fingerprint density at radius 3 is 1.06 bits per heavy atom. The van der Waals surface area contributed by atoms with Crippen molar-refractivity contribution in [3.8, 4) is 0 Å². The Morgan fingerprint density at radius 1 is 0.365 bits per heavy atom. The average molecular weight is 1680 g/mol. The zero-order chi connectivity index (χ0) is 72.8. The van der Waals surface area contributed by atoms with Crippen LogP contribution in [0.15, 0.2) is 113 Å². The Hall–Kier alpha value is -2.59. The summed E-state index contributed by atoms with van der Waals surface area (Å²) in [6.45, 7) is 9.34. The molecule has 7 aromatic rings. The van der Waals surface area contributed by atoms with Gasteiger partial charge in [0, 0.05) is 0 Å². The van der Waals surface area contributed by atoms with E-state index in [-0.39, 0.29) is 5.92 Å². The third kappa shape index (κ3) is 20.0. The third-order valence-corrected chi connectivity index (χ3v) is 44.4. The van der Waals surface area contributed by atoms with E-state index >= 15 is 0 Å². The molecule has 3 aliphatic carbocycles. The van der Waals surface area contributed by atoms with Crippen LogP contribution in [0.4, 0.5) is 0 Å². The Morgan fingerprint density at radius 2 is 0.712 bits per heavy atom. The number of allylic oxidation sites excluding steroid dienone is 1. The molecule has 0 radical (unpaired) electrons. The van der Waals surface area contributed by atoms with Gasteiger partial charge in [0.15, 0.2) is 0 Å². The second-order valence-electron chi connectivity index (χ2n) is 35.0. The molecular weight excluding hydrogens is 1540 g/mol. The molecule has 4 aromatic carbocycles. The zero-order valence-electron chi connectivity index (χ0n) is 67.5. The van der Waals surface area contributed by atoms with Gasteiger partial charge in [0.05, 0.1) is 0 Å². The van der Waals surface area contributed by atoms with Gasteiger partial charge in [-0.1, -0.05) is 259 Å². The van der Waals surface area contributed by atoms with E-state index in [9.17, 15) is 0 Å². The number of aryl methyl sites for hydroxylation is 4. The summed E-state index contributed by atoms with van der Waals surface area (Å²) in [5.41, 5.74) is 17.2. The van der Waals surface area contributed by atoms with Crippen molar-refractivity contribution >= 4 is 122 Å². The Bertz CT molecular complexity index is 3920. The molecule has 0 amide bonds. The van der Waals surface area contributed by atoms with Gasteiger partial charge in [0.25, 0.3) is 0 Å². The molecular formula is C98H140S4Sn2. The van der Waals surface area contributed by atoms with Gasteiger partial charge in [-0.3, -0.25) is 0 Å².